The second kappa shape index (κ2) is 9.60. The fourth-order valence-electron chi connectivity index (χ4n) is 2.91. The molecule has 1 fully saturated rings. The standard InChI is InChI=1S/C21H23FO5/c1-15(23)26-21-19(22)20(25-13-17-10-6-3-7-11-17)18(27-21)14-24-12-16-8-4-2-5-9-16/h2-11,18-21H,12-14H2,1H3/t18-,19+,20-,21-/m1/s1. The number of benzene rings is 2. The summed E-state index contributed by atoms with van der Waals surface area (Å²) in [7, 11) is 0. The average Bonchev–Trinajstić information content (AvgIpc) is 2.96. The minimum absolute atomic E-state index is 0.131. The van der Waals surface area contributed by atoms with Gasteiger partial charge in [0.25, 0.3) is 0 Å². The molecule has 0 N–H and O–H groups in total. The van der Waals surface area contributed by atoms with E-state index in [1.54, 1.807) is 0 Å². The van der Waals surface area contributed by atoms with Gasteiger partial charge in [-0.1, -0.05) is 60.7 Å². The summed E-state index contributed by atoms with van der Waals surface area (Å²) in [6.45, 7) is 1.96. The Bertz CT molecular complexity index is 709. The Morgan fingerprint density at radius 1 is 1.00 bits per heavy atom. The van der Waals surface area contributed by atoms with E-state index in [-0.39, 0.29) is 13.2 Å². The molecule has 2 aromatic carbocycles. The van der Waals surface area contributed by atoms with Crippen molar-refractivity contribution in [2.24, 2.45) is 0 Å². The van der Waals surface area contributed by atoms with E-state index >= 15 is 0 Å². The van der Waals surface area contributed by atoms with E-state index in [9.17, 15) is 9.18 Å². The number of rotatable bonds is 8. The lowest BCUT2D eigenvalue weighted by Crippen LogP contribution is -2.35. The Kier molecular flexibility index (Phi) is 6.92. The van der Waals surface area contributed by atoms with Crippen molar-refractivity contribution < 1.29 is 28.1 Å². The molecule has 2 aromatic rings. The monoisotopic (exact) mass is 374 g/mol. The first kappa shape index (κ1) is 19.5. The lowest BCUT2D eigenvalue weighted by Gasteiger charge is -2.19. The van der Waals surface area contributed by atoms with Crippen LogP contribution in [0.15, 0.2) is 60.7 Å². The molecule has 1 heterocycles. The van der Waals surface area contributed by atoms with Gasteiger partial charge in [0.2, 0.25) is 6.29 Å². The van der Waals surface area contributed by atoms with Crippen LogP contribution in [0.2, 0.25) is 0 Å². The van der Waals surface area contributed by atoms with Gasteiger partial charge in [0, 0.05) is 6.92 Å². The maximum absolute atomic E-state index is 14.7. The van der Waals surface area contributed by atoms with E-state index in [1.165, 1.54) is 6.92 Å². The van der Waals surface area contributed by atoms with Gasteiger partial charge in [-0.05, 0) is 11.1 Å². The SMILES string of the molecule is CC(=O)O[C@@H]1O[C@H](COCc2ccccc2)[C@@H](OCc2ccccc2)[C@@H]1F. The van der Waals surface area contributed by atoms with E-state index in [4.69, 9.17) is 18.9 Å². The van der Waals surface area contributed by atoms with Crippen LogP contribution >= 0.6 is 0 Å². The first-order valence-corrected chi connectivity index (χ1v) is 8.87. The second-order valence-corrected chi connectivity index (χ2v) is 6.36. The third-order valence-corrected chi connectivity index (χ3v) is 4.21. The Morgan fingerprint density at radius 3 is 2.19 bits per heavy atom. The number of hydrogen-bond acceptors (Lipinski definition) is 5. The molecule has 0 aliphatic carbocycles. The molecule has 6 heteroatoms. The zero-order valence-electron chi connectivity index (χ0n) is 15.1. The zero-order valence-corrected chi connectivity index (χ0v) is 15.1. The minimum Gasteiger partial charge on any atom is -0.433 e. The van der Waals surface area contributed by atoms with Crippen LogP contribution in [0.5, 0.6) is 0 Å². The van der Waals surface area contributed by atoms with Crippen LogP contribution < -0.4 is 0 Å². The summed E-state index contributed by atoms with van der Waals surface area (Å²) in [5, 5.41) is 0. The molecule has 144 valence electrons. The van der Waals surface area contributed by atoms with Crippen LogP contribution in [0.1, 0.15) is 18.1 Å². The molecule has 0 saturated carbocycles. The summed E-state index contributed by atoms with van der Waals surface area (Å²) in [4.78, 5) is 11.2. The van der Waals surface area contributed by atoms with Gasteiger partial charge >= 0.3 is 5.97 Å². The van der Waals surface area contributed by atoms with Gasteiger partial charge < -0.3 is 18.9 Å². The topological polar surface area (TPSA) is 54.0 Å². The van der Waals surface area contributed by atoms with Crippen LogP contribution in [0.4, 0.5) is 4.39 Å². The van der Waals surface area contributed by atoms with Crippen molar-refractivity contribution in [2.45, 2.75) is 44.8 Å². The molecule has 5 nitrogen and oxygen atoms in total. The molecule has 0 bridgehead atoms. The van der Waals surface area contributed by atoms with Gasteiger partial charge in [0.05, 0.1) is 19.8 Å². The summed E-state index contributed by atoms with van der Waals surface area (Å²) < 4.78 is 36.7. The van der Waals surface area contributed by atoms with Gasteiger partial charge in [-0.3, -0.25) is 4.79 Å². The molecular weight excluding hydrogens is 351 g/mol. The highest BCUT2D eigenvalue weighted by Crippen LogP contribution is 2.29. The quantitative estimate of drug-likeness (QED) is 0.663. The van der Waals surface area contributed by atoms with Gasteiger partial charge in [0.1, 0.15) is 12.2 Å². The molecule has 1 saturated heterocycles. The third kappa shape index (κ3) is 5.60. The second-order valence-electron chi connectivity index (χ2n) is 6.36. The smallest absolute Gasteiger partial charge is 0.305 e. The maximum atomic E-state index is 14.7. The number of alkyl halides is 1. The summed E-state index contributed by atoms with van der Waals surface area (Å²) in [6, 6.07) is 19.1. The largest absolute Gasteiger partial charge is 0.433 e. The van der Waals surface area contributed by atoms with Gasteiger partial charge in [-0.2, -0.15) is 0 Å². The van der Waals surface area contributed by atoms with Crippen LogP contribution in [-0.4, -0.2) is 37.2 Å². The first-order valence-electron chi connectivity index (χ1n) is 8.87. The molecule has 0 amide bonds. The molecule has 0 radical (unpaired) electrons. The van der Waals surface area contributed by atoms with Crippen molar-refractivity contribution in [1.82, 2.24) is 0 Å². The lowest BCUT2D eigenvalue weighted by atomic mass is 10.1. The lowest BCUT2D eigenvalue weighted by molar-refractivity contribution is -0.183. The molecule has 1 aliphatic rings. The molecule has 3 rings (SSSR count). The Labute approximate surface area is 158 Å². The number of carbonyl (C=O) groups excluding carboxylic acids is 1. The van der Waals surface area contributed by atoms with Crippen molar-refractivity contribution in [3.8, 4) is 0 Å². The van der Waals surface area contributed by atoms with Crippen LogP contribution in [-0.2, 0) is 37.0 Å². The Hall–Kier alpha value is -2.28. The van der Waals surface area contributed by atoms with Crippen LogP contribution in [0.25, 0.3) is 0 Å². The van der Waals surface area contributed by atoms with Gasteiger partial charge in [0.15, 0.2) is 6.17 Å². The molecule has 0 aromatic heterocycles. The van der Waals surface area contributed by atoms with E-state index < -0.39 is 30.6 Å². The van der Waals surface area contributed by atoms with Crippen molar-refractivity contribution in [1.29, 1.82) is 0 Å². The van der Waals surface area contributed by atoms with Crippen molar-refractivity contribution in [3.63, 3.8) is 0 Å². The summed E-state index contributed by atoms with van der Waals surface area (Å²) in [6.07, 6.45) is -4.42. The molecule has 0 spiro atoms. The van der Waals surface area contributed by atoms with E-state index in [0.717, 1.165) is 11.1 Å². The summed E-state index contributed by atoms with van der Waals surface area (Å²) in [5.41, 5.74) is 1.93. The number of esters is 1. The highest BCUT2D eigenvalue weighted by Gasteiger charge is 2.48. The highest BCUT2D eigenvalue weighted by molar-refractivity contribution is 5.66. The van der Waals surface area contributed by atoms with Crippen LogP contribution in [0.3, 0.4) is 0 Å². The first-order chi connectivity index (χ1) is 13.1. The van der Waals surface area contributed by atoms with Crippen molar-refractivity contribution in [2.75, 3.05) is 6.61 Å². The Morgan fingerprint density at radius 2 is 1.59 bits per heavy atom. The number of hydrogen-bond donors (Lipinski definition) is 0. The summed E-state index contributed by atoms with van der Waals surface area (Å²) in [5.74, 6) is -0.602. The minimum atomic E-state index is -1.58. The molecule has 4 atom stereocenters. The summed E-state index contributed by atoms with van der Waals surface area (Å²) >= 11 is 0. The zero-order chi connectivity index (χ0) is 19.1. The predicted molar refractivity (Wildman–Crippen MR) is 96.4 cm³/mol. The van der Waals surface area contributed by atoms with Crippen molar-refractivity contribution >= 4 is 5.97 Å². The fraction of sp³-hybridized carbons (Fsp3) is 0.381. The fourth-order valence-corrected chi connectivity index (χ4v) is 2.91. The maximum Gasteiger partial charge on any atom is 0.305 e. The van der Waals surface area contributed by atoms with E-state index in [1.807, 2.05) is 60.7 Å². The van der Waals surface area contributed by atoms with E-state index in [2.05, 4.69) is 0 Å². The van der Waals surface area contributed by atoms with Crippen LogP contribution in [0, 0.1) is 0 Å². The van der Waals surface area contributed by atoms with Gasteiger partial charge in [-0.15, -0.1) is 0 Å². The normalized spacial score (nSPS) is 24.7. The van der Waals surface area contributed by atoms with E-state index in [0.29, 0.717) is 6.61 Å². The molecular formula is C21H23FO5. The predicted octanol–water partition coefficient (Wildman–Crippen LogP) is 3.41. The third-order valence-electron chi connectivity index (χ3n) is 4.21. The van der Waals surface area contributed by atoms with Crippen molar-refractivity contribution in [3.05, 3.63) is 71.8 Å². The number of halogens is 1. The molecule has 0 unspecified atom stereocenters. The number of ether oxygens (including phenoxy) is 4. The molecule has 1 aliphatic heterocycles. The number of carbonyl (C=O) groups is 1. The Balaban J connectivity index is 1.59. The van der Waals surface area contributed by atoms with Gasteiger partial charge in [-0.25, -0.2) is 4.39 Å². The molecule has 27 heavy (non-hydrogen) atoms. The average molecular weight is 374 g/mol. The highest BCUT2D eigenvalue weighted by atomic mass is 19.1.